The lowest BCUT2D eigenvalue weighted by Crippen LogP contribution is -2.05. The number of benzene rings is 4. The number of nitrogens with one attached hydrogen (secondary N) is 1. The van der Waals surface area contributed by atoms with Gasteiger partial charge < -0.3 is 48.9 Å². The number of unbranched alkanes of at least 4 members (excludes halogenated alkanes) is 6. The third-order valence-electron chi connectivity index (χ3n) is 9.48. The first-order valence-electron chi connectivity index (χ1n) is 20.1. The number of nitro groups is 3. The van der Waals surface area contributed by atoms with Crippen LogP contribution in [-0.4, -0.2) is 40.4 Å². The molecule has 0 saturated heterocycles. The predicted molar refractivity (Wildman–Crippen MR) is 273 cm³/mol. The Bertz CT molecular complexity index is 2380. The van der Waals surface area contributed by atoms with E-state index in [1.165, 1.54) is 43.2 Å². The van der Waals surface area contributed by atoms with Crippen LogP contribution in [0.4, 0.5) is 57.4 Å². The van der Waals surface area contributed by atoms with Gasteiger partial charge >= 0.3 is 0 Å². The van der Waals surface area contributed by atoms with E-state index in [0.717, 1.165) is 81.1 Å². The smallest absolute Gasteiger partial charge is 0.297 e. The largest absolute Gasteiger partial charge is 0.397 e. The van der Waals surface area contributed by atoms with E-state index in [2.05, 4.69) is 36.1 Å². The van der Waals surface area contributed by atoms with Crippen LogP contribution in [0.1, 0.15) is 108 Å². The van der Waals surface area contributed by atoms with E-state index in [1.807, 2.05) is 33.4 Å². The maximum Gasteiger partial charge on any atom is 0.297 e. The SMILES string of the molecule is C.C.C.C.CCCCCNc1cccc([N+](=O)[O-])c1N.CCCCCn1c(N)nc2c(N)cccc21.CCCCCn1c(N)nc2c([N+](=O)[O-])cccc21.Nc1cccc([N+](=O)[O-])c1N. The zero-order valence-corrected chi connectivity index (χ0v) is 35.0. The van der Waals surface area contributed by atoms with Gasteiger partial charge in [-0.1, -0.05) is 113 Å². The van der Waals surface area contributed by atoms with Crippen molar-refractivity contribution in [3.63, 3.8) is 0 Å². The molecule has 4 aromatic carbocycles. The molecule has 2 aromatic heterocycles. The molecule has 0 radical (unpaired) electrons. The summed E-state index contributed by atoms with van der Waals surface area (Å²) in [7, 11) is 0. The molecular weight excluding hydrogens is 833 g/mol. The Morgan fingerprint density at radius 3 is 1.40 bits per heavy atom. The standard InChI is InChI=1S/C12H16N4O2.C12H18N4.C11H17N3O2.C6H7N3O2.4CH4/c1-2-3-4-8-15-9-6-5-7-10(16(17)18)11(9)14-12(15)13;1-2-3-4-8-16-10-7-5-6-9(13)11(10)15-12(16)14;1-2-3-4-8-13-9-6-5-7-10(11(9)12)14(15)16;7-4-2-1-3-5(6(4)8)9(10)11;;;;/h5-7H,2-4,8H2,1H3,(H2,13,14);5-7H,2-4,8,13H2,1H3,(H2,14,15);5-7,13H,2-4,8,12H2,1H3;1-3H,7-8H2;4*1H4. The van der Waals surface area contributed by atoms with E-state index in [9.17, 15) is 30.3 Å². The number of anilines is 7. The minimum absolute atomic E-state index is 0. The molecule has 2 heterocycles. The van der Waals surface area contributed by atoms with Gasteiger partial charge in [-0.05, 0) is 49.6 Å². The third-order valence-corrected chi connectivity index (χ3v) is 9.48. The van der Waals surface area contributed by atoms with Crippen molar-refractivity contribution < 1.29 is 14.8 Å². The van der Waals surface area contributed by atoms with Crippen molar-refractivity contribution in [2.45, 2.75) is 121 Å². The fourth-order valence-corrected chi connectivity index (χ4v) is 6.19. The fraction of sp³-hybridized carbons (Fsp3) is 0.422. The lowest BCUT2D eigenvalue weighted by Gasteiger charge is -2.08. The van der Waals surface area contributed by atoms with Gasteiger partial charge in [-0.3, -0.25) is 30.3 Å². The second-order valence-corrected chi connectivity index (χ2v) is 13.9. The van der Waals surface area contributed by atoms with Gasteiger partial charge in [-0.25, -0.2) is 9.97 Å². The van der Waals surface area contributed by atoms with Crippen molar-refractivity contribution in [3.8, 4) is 0 Å². The van der Waals surface area contributed by atoms with Crippen LogP contribution in [0.3, 0.4) is 0 Å². The van der Waals surface area contributed by atoms with E-state index in [1.54, 1.807) is 18.2 Å². The molecule has 0 atom stereocenters. The number of rotatable bonds is 16. The van der Waals surface area contributed by atoms with Crippen LogP contribution in [0.2, 0.25) is 0 Å². The first kappa shape index (κ1) is 59.7. The summed E-state index contributed by atoms with van der Waals surface area (Å²) in [5.41, 5.74) is 38.5. The molecule has 0 bridgehead atoms. The Kier molecular flexibility index (Phi) is 27.4. The van der Waals surface area contributed by atoms with Gasteiger partial charge in [0.05, 0.1) is 42.9 Å². The van der Waals surface area contributed by atoms with Crippen LogP contribution in [0.15, 0.2) is 72.8 Å². The molecule has 13 N–H and O–H groups in total. The van der Waals surface area contributed by atoms with Crippen LogP contribution in [0.25, 0.3) is 22.1 Å². The number of nitrogens with two attached hydrogens (primary N) is 6. The van der Waals surface area contributed by atoms with Crippen LogP contribution in [0, 0.1) is 30.3 Å². The highest BCUT2D eigenvalue weighted by Gasteiger charge is 2.18. The number of aryl methyl sites for hydroxylation is 2. The number of hydrogen-bond donors (Lipinski definition) is 7. The second-order valence-electron chi connectivity index (χ2n) is 13.9. The van der Waals surface area contributed by atoms with Crippen LogP contribution < -0.4 is 39.7 Å². The Hall–Kier alpha value is -7.38. The fourth-order valence-electron chi connectivity index (χ4n) is 6.19. The van der Waals surface area contributed by atoms with Gasteiger partial charge in [0.2, 0.25) is 11.9 Å². The van der Waals surface area contributed by atoms with E-state index in [0.29, 0.717) is 28.8 Å². The molecule has 0 unspecified atom stereocenters. The highest BCUT2D eigenvalue weighted by molar-refractivity contribution is 5.89. The van der Waals surface area contributed by atoms with Crippen LogP contribution in [-0.2, 0) is 13.1 Å². The van der Waals surface area contributed by atoms with Crippen molar-refractivity contribution in [2.24, 2.45) is 0 Å². The van der Waals surface area contributed by atoms with Gasteiger partial charge in [0.1, 0.15) is 16.9 Å². The number of aromatic nitrogens is 4. The van der Waals surface area contributed by atoms with Gasteiger partial charge in [0, 0.05) is 37.8 Å². The van der Waals surface area contributed by atoms with Gasteiger partial charge in [0.25, 0.3) is 17.1 Å². The number of nitrogen functional groups attached to an aromatic ring is 6. The average molecular weight is 907 g/mol. The average Bonchev–Trinajstić information content (AvgIpc) is 3.73. The molecule has 0 amide bonds. The maximum absolute atomic E-state index is 10.9. The number of fused-ring (bicyclic) bond motifs is 2. The lowest BCUT2D eigenvalue weighted by molar-refractivity contribution is -0.384. The summed E-state index contributed by atoms with van der Waals surface area (Å²) in [6, 6.07) is 19.9. The highest BCUT2D eigenvalue weighted by Crippen LogP contribution is 2.30. The minimum atomic E-state index is -0.564. The molecule has 0 aliphatic rings. The monoisotopic (exact) mass is 907 g/mol. The lowest BCUT2D eigenvalue weighted by atomic mass is 10.2. The molecule has 360 valence electrons. The van der Waals surface area contributed by atoms with E-state index < -0.39 is 14.8 Å². The molecule has 6 aromatic rings. The first-order valence-corrected chi connectivity index (χ1v) is 20.1. The highest BCUT2D eigenvalue weighted by atomic mass is 16.6. The minimum Gasteiger partial charge on any atom is -0.397 e. The number of non-ortho nitro benzene ring substituents is 1. The van der Waals surface area contributed by atoms with Gasteiger partial charge in [0.15, 0.2) is 5.52 Å². The quantitative estimate of drug-likeness (QED) is 0.0205. The van der Waals surface area contributed by atoms with Gasteiger partial charge in [-0.2, -0.15) is 0 Å². The zero-order valence-electron chi connectivity index (χ0n) is 35.0. The molecule has 65 heavy (non-hydrogen) atoms. The number of nitro benzene ring substituents is 3. The number of nitrogens with zero attached hydrogens (tertiary/aromatic N) is 7. The Labute approximate surface area is 383 Å². The third kappa shape index (κ3) is 16.7. The van der Waals surface area contributed by atoms with E-state index in [-0.39, 0.29) is 63.8 Å². The van der Waals surface area contributed by atoms with Crippen molar-refractivity contribution in [3.05, 3.63) is 103 Å². The molecule has 0 saturated carbocycles. The molecule has 0 fully saturated rings. The van der Waals surface area contributed by atoms with Crippen molar-refractivity contribution >= 4 is 79.5 Å². The molecule has 0 spiro atoms. The Balaban J connectivity index is 0. The molecular formula is C45H74N14O6. The summed E-state index contributed by atoms with van der Waals surface area (Å²) in [5, 5.41) is 34.9. The maximum atomic E-state index is 10.9. The van der Waals surface area contributed by atoms with Crippen LogP contribution in [0.5, 0.6) is 0 Å². The molecule has 0 aliphatic heterocycles. The summed E-state index contributed by atoms with van der Waals surface area (Å²) < 4.78 is 3.89. The van der Waals surface area contributed by atoms with Crippen molar-refractivity contribution in [1.82, 2.24) is 19.1 Å². The number of imidazole rings is 2. The first-order chi connectivity index (χ1) is 29.2. The molecule has 6 rings (SSSR count). The number of hydrogen-bond acceptors (Lipinski definition) is 15. The van der Waals surface area contributed by atoms with Crippen LogP contribution >= 0.6 is 0 Å². The van der Waals surface area contributed by atoms with Gasteiger partial charge in [-0.15, -0.1) is 0 Å². The molecule has 20 heteroatoms. The summed E-state index contributed by atoms with van der Waals surface area (Å²) in [6.07, 6.45) is 10.1. The summed E-state index contributed by atoms with van der Waals surface area (Å²) in [6.45, 7) is 8.89. The molecule has 20 nitrogen and oxygen atoms in total. The van der Waals surface area contributed by atoms with Crippen molar-refractivity contribution in [2.75, 3.05) is 46.3 Å². The van der Waals surface area contributed by atoms with E-state index >= 15 is 0 Å². The summed E-state index contributed by atoms with van der Waals surface area (Å²) in [4.78, 5) is 38.8. The summed E-state index contributed by atoms with van der Waals surface area (Å²) >= 11 is 0. The van der Waals surface area contributed by atoms with E-state index in [4.69, 9.17) is 34.4 Å². The van der Waals surface area contributed by atoms with Crippen molar-refractivity contribution in [1.29, 1.82) is 0 Å². The number of para-hydroxylation sites is 4. The topological polar surface area (TPSA) is 333 Å². The normalized spacial score (nSPS) is 9.83. The Morgan fingerprint density at radius 2 is 0.908 bits per heavy atom. The molecule has 0 aliphatic carbocycles. The zero-order chi connectivity index (χ0) is 45.1. The second kappa shape index (κ2) is 29.8. The Morgan fingerprint density at radius 1 is 0.508 bits per heavy atom. The predicted octanol–water partition coefficient (Wildman–Crippen LogP) is 11.2. The summed E-state index contributed by atoms with van der Waals surface area (Å²) in [5.74, 6) is 0.902.